The molecule has 1 aromatic heterocycles. The molecule has 2 N–H and O–H groups in total. The third-order valence-corrected chi connectivity index (χ3v) is 4.57. The zero-order valence-corrected chi connectivity index (χ0v) is 13.6. The third kappa shape index (κ3) is 4.32. The summed E-state index contributed by atoms with van der Waals surface area (Å²) in [5, 5.41) is 8.81. The first-order chi connectivity index (χ1) is 11.6. The number of hydrogen-bond acceptors (Lipinski definition) is 3. The fraction of sp³-hybridized carbons (Fsp3) is 0.368. The normalized spacial score (nSPS) is 17.9. The molecule has 1 atom stereocenters. The zero-order valence-electron chi connectivity index (χ0n) is 13.6. The maximum atomic E-state index is 11.8. The molecule has 0 spiro atoms. The highest BCUT2D eigenvalue weighted by atomic mass is 16.4. The molecule has 2 aromatic rings. The first-order valence-corrected chi connectivity index (χ1v) is 8.28. The lowest BCUT2D eigenvalue weighted by molar-refractivity contribution is -0.136. The van der Waals surface area contributed by atoms with Crippen molar-refractivity contribution in [3.8, 4) is 0 Å². The molecule has 5 heteroatoms. The number of likely N-dealkylation sites (tertiary alicyclic amines) is 1. The Morgan fingerprint density at radius 3 is 2.67 bits per heavy atom. The van der Waals surface area contributed by atoms with Crippen LogP contribution in [0.4, 0.5) is 0 Å². The SMILES string of the molecule is O=C(O)Cc1ccc(CC2CCN(Cc3ccc[nH]c3=O)C2)cc1. The summed E-state index contributed by atoms with van der Waals surface area (Å²) >= 11 is 0. The summed E-state index contributed by atoms with van der Waals surface area (Å²) in [5.74, 6) is -0.219. The van der Waals surface area contributed by atoms with Crippen LogP contribution in [0.1, 0.15) is 23.1 Å². The monoisotopic (exact) mass is 326 g/mol. The molecule has 3 rings (SSSR count). The van der Waals surface area contributed by atoms with Crippen molar-refractivity contribution in [3.63, 3.8) is 0 Å². The van der Waals surface area contributed by atoms with E-state index in [9.17, 15) is 9.59 Å². The van der Waals surface area contributed by atoms with E-state index < -0.39 is 5.97 Å². The topological polar surface area (TPSA) is 73.4 Å². The molecular formula is C19H22N2O3. The molecule has 126 valence electrons. The van der Waals surface area contributed by atoms with E-state index in [2.05, 4.69) is 9.88 Å². The van der Waals surface area contributed by atoms with Crippen molar-refractivity contribution in [3.05, 3.63) is 69.6 Å². The van der Waals surface area contributed by atoms with Crippen molar-refractivity contribution < 1.29 is 9.90 Å². The van der Waals surface area contributed by atoms with Crippen LogP contribution in [-0.4, -0.2) is 34.0 Å². The Morgan fingerprint density at radius 2 is 1.96 bits per heavy atom. The zero-order chi connectivity index (χ0) is 16.9. The Balaban J connectivity index is 1.53. The number of aromatic amines is 1. The van der Waals surface area contributed by atoms with E-state index in [1.807, 2.05) is 36.4 Å². The van der Waals surface area contributed by atoms with Crippen molar-refractivity contribution in [1.82, 2.24) is 9.88 Å². The molecule has 1 unspecified atom stereocenters. The number of nitrogens with one attached hydrogen (secondary N) is 1. The number of aromatic nitrogens is 1. The van der Waals surface area contributed by atoms with E-state index in [1.165, 1.54) is 5.56 Å². The van der Waals surface area contributed by atoms with Crippen molar-refractivity contribution >= 4 is 5.97 Å². The van der Waals surface area contributed by atoms with Gasteiger partial charge in [0.1, 0.15) is 0 Å². The van der Waals surface area contributed by atoms with Gasteiger partial charge in [-0.3, -0.25) is 14.5 Å². The van der Waals surface area contributed by atoms with Crippen molar-refractivity contribution in [2.45, 2.75) is 25.8 Å². The van der Waals surface area contributed by atoms with Gasteiger partial charge in [-0.05, 0) is 42.5 Å². The van der Waals surface area contributed by atoms with Gasteiger partial charge in [0, 0.05) is 24.8 Å². The van der Waals surface area contributed by atoms with Gasteiger partial charge in [-0.25, -0.2) is 0 Å². The lowest BCUT2D eigenvalue weighted by Crippen LogP contribution is -2.25. The number of carboxylic acid groups (broad SMARTS) is 1. The fourth-order valence-electron chi connectivity index (χ4n) is 3.35. The molecule has 1 saturated heterocycles. The van der Waals surface area contributed by atoms with Gasteiger partial charge in [0.25, 0.3) is 5.56 Å². The maximum Gasteiger partial charge on any atom is 0.307 e. The largest absolute Gasteiger partial charge is 0.481 e. The summed E-state index contributed by atoms with van der Waals surface area (Å²) in [7, 11) is 0. The number of hydrogen-bond donors (Lipinski definition) is 2. The minimum atomic E-state index is -0.801. The van der Waals surface area contributed by atoms with E-state index >= 15 is 0 Å². The highest BCUT2D eigenvalue weighted by Crippen LogP contribution is 2.22. The predicted octanol–water partition coefficient (Wildman–Crippen LogP) is 2.07. The second kappa shape index (κ2) is 7.45. The number of pyridine rings is 1. The molecule has 2 heterocycles. The van der Waals surface area contributed by atoms with Crippen LogP contribution in [-0.2, 0) is 24.2 Å². The van der Waals surface area contributed by atoms with Gasteiger partial charge < -0.3 is 10.1 Å². The number of aliphatic carboxylic acids is 1. The van der Waals surface area contributed by atoms with Crippen molar-refractivity contribution in [2.24, 2.45) is 5.92 Å². The number of carboxylic acids is 1. The average Bonchev–Trinajstić information content (AvgIpc) is 2.98. The summed E-state index contributed by atoms with van der Waals surface area (Å²) < 4.78 is 0. The summed E-state index contributed by atoms with van der Waals surface area (Å²) in [5.41, 5.74) is 2.89. The Labute approximate surface area is 140 Å². The molecule has 1 aliphatic rings. The lowest BCUT2D eigenvalue weighted by atomic mass is 9.97. The van der Waals surface area contributed by atoms with Crippen molar-refractivity contribution in [1.29, 1.82) is 0 Å². The first kappa shape index (κ1) is 16.5. The van der Waals surface area contributed by atoms with Crippen LogP contribution in [0.5, 0.6) is 0 Å². The number of H-pyrrole nitrogens is 1. The molecule has 0 saturated carbocycles. The van der Waals surface area contributed by atoms with Crippen LogP contribution in [0, 0.1) is 5.92 Å². The van der Waals surface area contributed by atoms with Crippen LogP contribution < -0.4 is 5.56 Å². The summed E-state index contributed by atoms with van der Waals surface area (Å²) in [4.78, 5) is 27.5. The number of rotatable bonds is 6. The van der Waals surface area contributed by atoms with E-state index in [0.29, 0.717) is 12.5 Å². The van der Waals surface area contributed by atoms with Crippen LogP contribution in [0.2, 0.25) is 0 Å². The van der Waals surface area contributed by atoms with Gasteiger partial charge in [0.05, 0.1) is 6.42 Å². The maximum absolute atomic E-state index is 11.8. The van der Waals surface area contributed by atoms with Crippen LogP contribution in [0.3, 0.4) is 0 Å². The molecule has 0 bridgehead atoms. The highest BCUT2D eigenvalue weighted by Gasteiger charge is 2.23. The lowest BCUT2D eigenvalue weighted by Gasteiger charge is -2.15. The molecule has 1 fully saturated rings. The fourth-order valence-corrected chi connectivity index (χ4v) is 3.35. The van der Waals surface area contributed by atoms with E-state index in [-0.39, 0.29) is 12.0 Å². The van der Waals surface area contributed by atoms with Gasteiger partial charge >= 0.3 is 5.97 Å². The third-order valence-electron chi connectivity index (χ3n) is 4.57. The summed E-state index contributed by atoms with van der Waals surface area (Å²) in [6, 6.07) is 11.6. The molecule has 5 nitrogen and oxygen atoms in total. The van der Waals surface area contributed by atoms with Gasteiger partial charge in [0.15, 0.2) is 0 Å². The standard InChI is InChI=1S/C19H22N2O3/c22-18(23)11-15-5-3-14(4-6-15)10-16-7-9-21(12-16)13-17-2-1-8-20-19(17)24/h1-6,8,16H,7,9-13H2,(H,20,24)(H,22,23). The molecule has 0 radical (unpaired) electrons. The number of nitrogens with zero attached hydrogens (tertiary/aromatic N) is 1. The number of carbonyl (C=O) groups is 1. The first-order valence-electron chi connectivity index (χ1n) is 8.28. The summed E-state index contributed by atoms with van der Waals surface area (Å²) in [6.45, 7) is 2.70. The van der Waals surface area contributed by atoms with E-state index in [0.717, 1.165) is 37.1 Å². The van der Waals surface area contributed by atoms with Crippen molar-refractivity contribution in [2.75, 3.05) is 13.1 Å². The quantitative estimate of drug-likeness (QED) is 0.852. The van der Waals surface area contributed by atoms with Gasteiger partial charge in [-0.1, -0.05) is 30.3 Å². The minimum absolute atomic E-state index is 0.00466. The van der Waals surface area contributed by atoms with Crippen LogP contribution >= 0.6 is 0 Å². The molecule has 0 amide bonds. The Kier molecular flexibility index (Phi) is 5.11. The Hall–Kier alpha value is -2.40. The average molecular weight is 326 g/mol. The Morgan fingerprint density at radius 1 is 1.21 bits per heavy atom. The van der Waals surface area contributed by atoms with Gasteiger partial charge in [0.2, 0.25) is 0 Å². The van der Waals surface area contributed by atoms with Crippen LogP contribution in [0.25, 0.3) is 0 Å². The second-order valence-electron chi connectivity index (χ2n) is 6.51. The van der Waals surface area contributed by atoms with Gasteiger partial charge in [-0.15, -0.1) is 0 Å². The molecule has 1 aromatic carbocycles. The highest BCUT2D eigenvalue weighted by molar-refractivity contribution is 5.70. The van der Waals surface area contributed by atoms with E-state index in [1.54, 1.807) is 6.20 Å². The molecule has 24 heavy (non-hydrogen) atoms. The Bertz CT molecular complexity index is 752. The summed E-state index contributed by atoms with van der Waals surface area (Å²) in [6.07, 6.45) is 3.85. The second-order valence-corrected chi connectivity index (χ2v) is 6.51. The molecular weight excluding hydrogens is 304 g/mol. The van der Waals surface area contributed by atoms with Crippen LogP contribution in [0.15, 0.2) is 47.4 Å². The predicted molar refractivity (Wildman–Crippen MR) is 91.9 cm³/mol. The minimum Gasteiger partial charge on any atom is -0.481 e. The van der Waals surface area contributed by atoms with E-state index in [4.69, 9.17) is 5.11 Å². The number of benzene rings is 1. The molecule has 0 aliphatic carbocycles. The smallest absolute Gasteiger partial charge is 0.307 e. The molecule has 1 aliphatic heterocycles. The van der Waals surface area contributed by atoms with Gasteiger partial charge in [-0.2, -0.15) is 0 Å².